The average Bonchev–Trinajstić information content (AvgIpc) is 2.46. The number of hydrogen-bond acceptors (Lipinski definition) is 4. The number of amides is 1. The largest absolute Gasteiger partial charge is 0.478 e. The Morgan fingerprint density at radius 1 is 1.47 bits per heavy atom. The smallest absolute Gasteiger partial charge is 0.337 e. The molecule has 6 nitrogen and oxygen atoms in total. The van der Waals surface area contributed by atoms with Crippen LogP contribution >= 0.6 is 0 Å². The third-order valence-corrected chi connectivity index (χ3v) is 3.36. The van der Waals surface area contributed by atoms with Crippen LogP contribution in [-0.4, -0.2) is 42.1 Å². The van der Waals surface area contributed by atoms with Gasteiger partial charge in [0.05, 0.1) is 11.5 Å². The number of carboxylic acid groups (broad SMARTS) is 1. The van der Waals surface area contributed by atoms with Gasteiger partial charge in [0.15, 0.2) is 0 Å². The van der Waals surface area contributed by atoms with E-state index in [9.17, 15) is 9.59 Å². The predicted octanol–water partition coefficient (Wildman–Crippen LogP) is 0.742. The van der Waals surface area contributed by atoms with Crippen LogP contribution in [0.25, 0.3) is 0 Å². The molecule has 0 aromatic carbocycles. The number of aromatic carboxylic acids is 1. The molecule has 2 heterocycles. The number of nitrogens with one attached hydrogen (secondary N) is 1. The Morgan fingerprint density at radius 3 is 2.84 bits per heavy atom. The van der Waals surface area contributed by atoms with E-state index in [2.05, 4.69) is 10.3 Å². The molecular weight excluding hydrogens is 246 g/mol. The van der Waals surface area contributed by atoms with Crippen LogP contribution in [0.3, 0.4) is 0 Å². The molecular formula is C13H17N3O3. The van der Waals surface area contributed by atoms with Crippen LogP contribution in [0.4, 0.5) is 5.82 Å². The Bertz CT molecular complexity index is 473. The minimum absolute atomic E-state index is 0.0281. The normalized spacial score (nSPS) is 19.0. The van der Waals surface area contributed by atoms with Gasteiger partial charge in [0.1, 0.15) is 5.82 Å². The van der Waals surface area contributed by atoms with E-state index in [1.807, 2.05) is 4.90 Å². The average molecular weight is 263 g/mol. The zero-order valence-electron chi connectivity index (χ0n) is 10.8. The van der Waals surface area contributed by atoms with Crippen molar-refractivity contribution in [2.24, 2.45) is 5.92 Å². The highest BCUT2D eigenvalue weighted by Gasteiger charge is 2.25. The second-order valence-corrected chi connectivity index (χ2v) is 4.61. The predicted molar refractivity (Wildman–Crippen MR) is 70.2 cm³/mol. The van der Waals surface area contributed by atoms with Crippen LogP contribution in [-0.2, 0) is 4.79 Å². The van der Waals surface area contributed by atoms with Crippen molar-refractivity contribution in [3.05, 3.63) is 23.9 Å². The summed E-state index contributed by atoms with van der Waals surface area (Å²) < 4.78 is 0. The van der Waals surface area contributed by atoms with Crippen LogP contribution in [0.1, 0.15) is 23.2 Å². The van der Waals surface area contributed by atoms with E-state index in [4.69, 9.17) is 5.11 Å². The summed E-state index contributed by atoms with van der Waals surface area (Å²) in [5, 5.41) is 11.5. The Balaban J connectivity index is 2.08. The first kappa shape index (κ1) is 13.3. The molecule has 1 atom stereocenters. The Hall–Kier alpha value is -2.11. The highest BCUT2D eigenvalue weighted by atomic mass is 16.4. The van der Waals surface area contributed by atoms with Crippen molar-refractivity contribution in [3.63, 3.8) is 0 Å². The molecule has 0 aliphatic carbocycles. The topological polar surface area (TPSA) is 82.5 Å². The van der Waals surface area contributed by atoms with Crippen LogP contribution in [0, 0.1) is 5.92 Å². The lowest BCUT2D eigenvalue weighted by Crippen LogP contribution is -2.42. The number of carbonyl (C=O) groups is 2. The first-order chi connectivity index (χ1) is 9.11. The van der Waals surface area contributed by atoms with Gasteiger partial charge in [-0.25, -0.2) is 9.78 Å². The van der Waals surface area contributed by atoms with E-state index >= 15 is 0 Å². The summed E-state index contributed by atoms with van der Waals surface area (Å²) >= 11 is 0. The van der Waals surface area contributed by atoms with Gasteiger partial charge in [0.2, 0.25) is 5.91 Å². The summed E-state index contributed by atoms with van der Waals surface area (Å²) in [5.41, 5.74) is 0.170. The first-order valence-electron chi connectivity index (χ1n) is 6.27. The number of pyridine rings is 1. The molecule has 6 heteroatoms. The van der Waals surface area contributed by atoms with Crippen molar-refractivity contribution in [1.29, 1.82) is 0 Å². The number of rotatable bonds is 3. The Labute approximate surface area is 111 Å². The Morgan fingerprint density at radius 2 is 2.26 bits per heavy atom. The lowest BCUT2D eigenvalue weighted by Gasteiger charge is -2.32. The van der Waals surface area contributed by atoms with Crippen molar-refractivity contribution < 1.29 is 14.7 Å². The molecule has 1 amide bonds. The number of hydrogen-bond donors (Lipinski definition) is 2. The highest BCUT2D eigenvalue weighted by Crippen LogP contribution is 2.21. The van der Waals surface area contributed by atoms with Crippen molar-refractivity contribution in [3.8, 4) is 0 Å². The summed E-state index contributed by atoms with van der Waals surface area (Å²) in [6.07, 6.45) is 3.16. The summed E-state index contributed by atoms with van der Waals surface area (Å²) in [5.74, 6) is -0.244. The van der Waals surface area contributed by atoms with E-state index < -0.39 is 5.97 Å². The molecule has 0 saturated carbocycles. The van der Waals surface area contributed by atoms with Crippen LogP contribution in [0.2, 0.25) is 0 Å². The van der Waals surface area contributed by atoms with Crippen LogP contribution in [0.15, 0.2) is 18.3 Å². The third-order valence-electron chi connectivity index (χ3n) is 3.36. The molecule has 1 aromatic rings. The maximum atomic E-state index is 11.7. The van der Waals surface area contributed by atoms with Gasteiger partial charge in [-0.2, -0.15) is 0 Å². The monoisotopic (exact) mass is 263 g/mol. The molecule has 1 aliphatic rings. The summed E-state index contributed by atoms with van der Waals surface area (Å²) in [7, 11) is 1.64. The molecule has 0 bridgehead atoms. The van der Waals surface area contributed by atoms with Gasteiger partial charge in [0, 0.05) is 26.3 Å². The number of piperidine rings is 1. The second-order valence-electron chi connectivity index (χ2n) is 4.61. The molecule has 102 valence electrons. The highest BCUT2D eigenvalue weighted by molar-refractivity contribution is 5.87. The van der Waals surface area contributed by atoms with E-state index in [1.54, 1.807) is 13.1 Å². The molecule has 1 saturated heterocycles. The molecule has 19 heavy (non-hydrogen) atoms. The van der Waals surface area contributed by atoms with Gasteiger partial charge in [0.25, 0.3) is 0 Å². The van der Waals surface area contributed by atoms with E-state index in [0.29, 0.717) is 6.54 Å². The van der Waals surface area contributed by atoms with Gasteiger partial charge >= 0.3 is 5.97 Å². The quantitative estimate of drug-likeness (QED) is 0.840. The number of nitrogens with zero attached hydrogens (tertiary/aromatic N) is 2. The molecule has 0 spiro atoms. The lowest BCUT2D eigenvalue weighted by molar-refractivity contribution is -0.124. The standard InChI is InChI=1S/C13H17N3O3/c1-14-12(17)10-3-2-6-16(8-10)11-5-4-9(7-15-11)13(18)19/h4-5,7,10H,2-3,6,8H2,1H3,(H,14,17)(H,18,19). The fourth-order valence-corrected chi connectivity index (χ4v) is 2.30. The second kappa shape index (κ2) is 5.69. The maximum Gasteiger partial charge on any atom is 0.337 e. The summed E-state index contributed by atoms with van der Waals surface area (Å²) in [6.45, 7) is 1.46. The van der Waals surface area contributed by atoms with Crippen LogP contribution < -0.4 is 10.2 Å². The minimum Gasteiger partial charge on any atom is -0.478 e. The van der Waals surface area contributed by atoms with Gasteiger partial charge in [-0.15, -0.1) is 0 Å². The molecule has 1 fully saturated rings. The number of anilines is 1. The fourth-order valence-electron chi connectivity index (χ4n) is 2.30. The number of carboxylic acids is 1. The van der Waals surface area contributed by atoms with E-state index in [-0.39, 0.29) is 17.4 Å². The van der Waals surface area contributed by atoms with Gasteiger partial charge in [-0.05, 0) is 25.0 Å². The Kier molecular flexibility index (Phi) is 3.99. The number of aromatic nitrogens is 1. The van der Waals surface area contributed by atoms with Gasteiger partial charge in [-0.1, -0.05) is 0 Å². The molecule has 1 aliphatic heterocycles. The van der Waals surface area contributed by atoms with Crippen molar-refractivity contribution in [2.75, 3.05) is 25.0 Å². The van der Waals surface area contributed by atoms with Crippen molar-refractivity contribution >= 4 is 17.7 Å². The molecule has 0 radical (unpaired) electrons. The SMILES string of the molecule is CNC(=O)C1CCCN(c2ccc(C(=O)O)cn2)C1. The van der Waals surface area contributed by atoms with Gasteiger partial charge in [-0.3, -0.25) is 4.79 Å². The fraction of sp³-hybridized carbons (Fsp3) is 0.462. The maximum absolute atomic E-state index is 11.7. The lowest BCUT2D eigenvalue weighted by atomic mass is 9.97. The minimum atomic E-state index is -0.985. The molecule has 2 N–H and O–H groups in total. The molecule has 1 aromatic heterocycles. The zero-order valence-corrected chi connectivity index (χ0v) is 10.8. The first-order valence-corrected chi connectivity index (χ1v) is 6.27. The number of carbonyl (C=O) groups excluding carboxylic acids is 1. The zero-order chi connectivity index (χ0) is 13.8. The summed E-state index contributed by atoms with van der Waals surface area (Å²) in [6, 6.07) is 3.23. The van der Waals surface area contributed by atoms with Gasteiger partial charge < -0.3 is 15.3 Å². The van der Waals surface area contributed by atoms with E-state index in [0.717, 1.165) is 25.2 Å². The van der Waals surface area contributed by atoms with E-state index in [1.165, 1.54) is 12.3 Å². The molecule has 1 unspecified atom stereocenters. The van der Waals surface area contributed by atoms with Crippen molar-refractivity contribution in [1.82, 2.24) is 10.3 Å². The van der Waals surface area contributed by atoms with Crippen molar-refractivity contribution in [2.45, 2.75) is 12.8 Å². The van der Waals surface area contributed by atoms with Crippen LogP contribution in [0.5, 0.6) is 0 Å². The summed E-state index contributed by atoms with van der Waals surface area (Å²) in [4.78, 5) is 28.6. The third kappa shape index (κ3) is 3.01. The molecule has 2 rings (SSSR count).